The third-order valence-electron chi connectivity index (χ3n) is 9.14. The third kappa shape index (κ3) is 6.39. The number of halogens is 2. The summed E-state index contributed by atoms with van der Waals surface area (Å²) < 4.78 is 7.58. The SMILES string of the molecule is CC1(C)CC(=O)C2=C(C1)N(Cc1ccccc1)C1=C(C(=O)CC(C)(C)C1)C2c1cc(Br)c(OCc2ccc(C(=O)O)cc2)c(Br)c1. The molecule has 0 amide bonds. The molecule has 6 rings (SSSR count). The number of carboxylic acids is 1. The van der Waals surface area contributed by atoms with Crippen molar-refractivity contribution in [1.82, 2.24) is 4.90 Å². The Labute approximate surface area is 286 Å². The summed E-state index contributed by atoms with van der Waals surface area (Å²) >= 11 is 7.44. The fourth-order valence-corrected chi connectivity index (χ4v) is 8.57. The Morgan fingerprint density at radius 1 is 0.804 bits per heavy atom. The van der Waals surface area contributed by atoms with Crippen LogP contribution in [0, 0.1) is 10.8 Å². The largest absolute Gasteiger partial charge is 0.487 e. The number of hydrogen-bond acceptors (Lipinski definition) is 5. The predicted octanol–water partition coefficient (Wildman–Crippen LogP) is 9.37. The van der Waals surface area contributed by atoms with Crippen molar-refractivity contribution < 1.29 is 24.2 Å². The molecule has 0 fully saturated rings. The molecule has 1 aliphatic heterocycles. The number of carboxylic acid groups (broad SMARTS) is 1. The summed E-state index contributed by atoms with van der Waals surface area (Å²) in [4.78, 5) is 41.9. The van der Waals surface area contributed by atoms with Gasteiger partial charge in [-0.05, 0) is 96.5 Å². The van der Waals surface area contributed by atoms with E-state index in [9.17, 15) is 19.5 Å². The van der Waals surface area contributed by atoms with Crippen molar-refractivity contribution in [2.75, 3.05) is 0 Å². The zero-order chi connectivity index (χ0) is 33.0. The van der Waals surface area contributed by atoms with Crippen molar-refractivity contribution in [3.05, 3.63) is 120 Å². The number of aromatic carboxylic acids is 1. The number of ketones is 2. The molecule has 0 atom stereocenters. The van der Waals surface area contributed by atoms with Gasteiger partial charge in [0.2, 0.25) is 0 Å². The number of rotatable bonds is 7. The molecule has 3 aromatic rings. The second-order valence-electron chi connectivity index (χ2n) is 14.2. The van der Waals surface area contributed by atoms with Gasteiger partial charge in [0.15, 0.2) is 11.6 Å². The van der Waals surface area contributed by atoms with E-state index in [1.54, 1.807) is 24.3 Å². The van der Waals surface area contributed by atoms with E-state index in [1.807, 2.05) is 30.3 Å². The summed E-state index contributed by atoms with van der Waals surface area (Å²) in [5, 5.41) is 9.20. The zero-order valence-electron chi connectivity index (χ0n) is 26.5. The first kappa shape index (κ1) is 32.5. The number of Topliss-reactive ketones (excluding diaryl/α,β-unsaturated/α-hetero) is 2. The van der Waals surface area contributed by atoms with Crippen molar-refractivity contribution in [2.45, 2.75) is 72.4 Å². The van der Waals surface area contributed by atoms with Gasteiger partial charge < -0.3 is 14.7 Å². The van der Waals surface area contributed by atoms with Crippen molar-refractivity contribution in [1.29, 1.82) is 0 Å². The third-order valence-corrected chi connectivity index (χ3v) is 10.3. The van der Waals surface area contributed by atoms with Crippen molar-refractivity contribution >= 4 is 49.4 Å². The molecule has 0 aromatic heterocycles. The van der Waals surface area contributed by atoms with Crippen LogP contribution in [-0.4, -0.2) is 27.5 Å². The van der Waals surface area contributed by atoms with Crippen LogP contribution in [0.5, 0.6) is 5.75 Å². The quantitative estimate of drug-likeness (QED) is 0.260. The molecule has 0 saturated heterocycles. The molecule has 46 heavy (non-hydrogen) atoms. The first-order valence-corrected chi connectivity index (χ1v) is 17.1. The minimum atomic E-state index is -0.976. The van der Waals surface area contributed by atoms with Gasteiger partial charge in [-0.25, -0.2) is 4.79 Å². The lowest BCUT2D eigenvalue weighted by atomic mass is 9.63. The lowest BCUT2D eigenvalue weighted by Gasteiger charge is -2.49. The highest BCUT2D eigenvalue weighted by molar-refractivity contribution is 9.11. The molecule has 0 radical (unpaired) electrons. The van der Waals surface area contributed by atoms with Crippen molar-refractivity contribution in [3.8, 4) is 5.75 Å². The fraction of sp³-hybridized carbons (Fsp3) is 0.342. The monoisotopic (exact) mass is 745 g/mol. The Morgan fingerprint density at radius 2 is 1.33 bits per heavy atom. The molecule has 0 unspecified atom stereocenters. The maximum Gasteiger partial charge on any atom is 0.335 e. The van der Waals surface area contributed by atoms with Crippen LogP contribution >= 0.6 is 31.9 Å². The summed E-state index contributed by atoms with van der Waals surface area (Å²) in [7, 11) is 0. The summed E-state index contributed by atoms with van der Waals surface area (Å²) in [6, 6.07) is 20.8. The van der Waals surface area contributed by atoms with Crippen molar-refractivity contribution in [2.24, 2.45) is 10.8 Å². The topological polar surface area (TPSA) is 83.9 Å². The van der Waals surface area contributed by atoms with Gasteiger partial charge in [0, 0.05) is 47.8 Å². The second kappa shape index (κ2) is 12.3. The smallest absolute Gasteiger partial charge is 0.335 e. The van der Waals surface area contributed by atoms with E-state index in [0.717, 1.165) is 52.1 Å². The number of nitrogens with zero attached hydrogens (tertiary/aromatic N) is 1. The number of carbonyl (C=O) groups excluding carboxylic acids is 2. The van der Waals surface area contributed by atoms with E-state index in [2.05, 4.69) is 76.6 Å². The minimum Gasteiger partial charge on any atom is -0.487 e. The first-order valence-electron chi connectivity index (χ1n) is 15.5. The van der Waals surface area contributed by atoms with Crippen LogP contribution in [-0.2, 0) is 22.7 Å². The van der Waals surface area contributed by atoms with Crippen LogP contribution in [0.4, 0.5) is 0 Å². The maximum atomic E-state index is 14.2. The molecule has 2 aliphatic carbocycles. The van der Waals surface area contributed by atoms with Gasteiger partial charge in [0.1, 0.15) is 12.4 Å². The Kier molecular flexibility index (Phi) is 8.66. The van der Waals surface area contributed by atoms with Crippen LogP contribution in [0.2, 0.25) is 0 Å². The molecule has 1 N–H and O–H groups in total. The molecule has 8 heteroatoms. The van der Waals surface area contributed by atoms with Crippen LogP contribution in [0.25, 0.3) is 0 Å². The number of hydrogen-bond donors (Lipinski definition) is 1. The summed E-state index contributed by atoms with van der Waals surface area (Å²) in [6.45, 7) is 9.45. The average Bonchev–Trinajstić information content (AvgIpc) is 2.97. The summed E-state index contributed by atoms with van der Waals surface area (Å²) in [5.74, 6) is -0.680. The second-order valence-corrected chi connectivity index (χ2v) is 15.9. The predicted molar refractivity (Wildman–Crippen MR) is 184 cm³/mol. The van der Waals surface area contributed by atoms with Crippen LogP contribution < -0.4 is 4.74 Å². The van der Waals surface area contributed by atoms with Gasteiger partial charge in [-0.15, -0.1) is 0 Å². The lowest BCUT2D eigenvalue weighted by molar-refractivity contribution is -0.119. The molecule has 0 spiro atoms. The average molecular weight is 748 g/mol. The van der Waals surface area contributed by atoms with E-state index in [4.69, 9.17) is 4.74 Å². The molecule has 0 saturated carbocycles. The minimum absolute atomic E-state index is 0.0934. The first-order chi connectivity index (χ1) is 21.7. The van der Waals surface area contributed by atoms with Gasteiger partial charge in [-0.3, -0.25) is 9.59 Å². The number of benzene rings is 3. The molecule has 3 aliphatic rings. The van der Waals surface area contributed by atoms with E-state index in [0.29, 0.717) is 34.1 Å². The Morgan fingerprint density at radius 3 is 1.83 bits per heavy atom. The van der Waals surface area contributed by atoms with Crippen LogP contribution in [0.3, 0.4) is 0 Å². The molecule has 0 bridgehead atoms. The number of ether oxygens (including phenoxy) is 1. The Hall–Kier alpha value is -3.49. The fourth-order valence-electron chi connectivity index (χ4n) is 7.12. The highest BCUT2D eigenvalue weighted by Gasteiger charge is 2.49. The maximum absolute atomic E-state index is 14.2. The van der Waals surface area contributed by atoms with E-state index >= 15 is 0 Å². The van der Waals surface area contributed by atoms with E-state index in [1.165, 1.54) is 0 Å². The van der Waals surface area contributed by atoms with Gasteiger partial charge in [0.05, 0.1) is 14.5 Å². The van der Waals surface area contributed by atoms with Crippen molar-refractivity contribution in [3.63, 3.8) is 0 Å². The summed E-state index contributed by atoms with van der Waals surface area (Å²) in [6.07, 6.45) is 2.34. The Balaban J connectivity index is 1.44. The number of allylic oxidation sites excluding steroid dienone is 4. The zero-order valence-corrected chi connectivity index (χ0v) is 29.6. The van der Waals surface area contributed by atoms with Gasteiger partial charge in [-0.2, -0.15) is 0 Å². The summed E-state index contributed by atoms with van der Waals surface area (Å²) in [5.41, 5.74) is 6.14. The van der Waals surface area contributed by atoms with Gasteiger partial charge >= 0.3 is 5.97 Å². The van der Waals surface area contributed by atoms with E-state index < -0.39 is 11.9 Å². The van der Waals surface area contributed by atoms with Crippen LogP contribution in [0.1, 0.15) is 86.3 Å². The van der Waals surface area contributed by atoms with Gasteiger partial charge in [-0.1, -0.05) is 70.2 Å². The Bertz CT molecular complexity index is 1730. The lowest BCUT2D eigenvalue weighted by Crippen LogP contribution is -2.44. The van der Waals surface area contributed by atoms with Crippen LogP contribution in [0.15, 0.2) is 98.2 Å². The van der Waals surface area contributed by atoms with E-state index in [-0.39, 0.29) is 34.6 Å². The van der Waals surface area contributed by atoms with Gasteiger partial charge in [0.25, 0.3) is 0 Å². The molecule has 1 heterocycles. The number of carbonyl (C=O) groups is 3. The molecule has 6 nitrogen and oxygen atoms in total. The molecule has 3 aromatic carbocycles. The highest BCUT2D eigenvalue weighted by atomic mass is 79.9. The molecular weight excluding hydrogens is 710 g/mol. The normalized spacial score (nSPS) is 19.2. The standard InChI is InChI=1S/C38H37Br2NO5/c1-37(2)16-28-33(30(42)18-37)32(34-29(17-38(3,4)19-31(34)43)41(28)20-22-8-6-5-7-9-22)25-14-26(39)35(27(40)15-25)46-21-23-10-12-24(13-11-23)36(44)45/h5-15,32H,16-21H2,1-4H3,(H,44,45). The highest BCUT2D eigenvalue weighted by Crippen LogP contribution is 2.55. The molecular formula is C38H37Br2NO5. The molecule has 238 valence electrons.